The van der Waals surface area contributed by atoms with Crippen molar-refractivity contribution >= 4 is 11.9 Å². The van der Waals surface area contributed by atoms with E-state index in [0.29, 0.717) is 13.8 Å². The lowest BCUT2D eigenvalue weighted by molar-refractivity contribution is -0.354. The first kappa shape index (κ1) is 18.5. The molecule has 86 valence electrons. The molecule has 0 radical (unpaired) electrons. The lowest BCUT2D eigenvalue weighted by Gasteiger charge is -2.39. The molecule has 0 aromatic rings. The summed E-state index contributed by atoms with van der Waals surface area (Å²) in [5.74, 6) is -4.17. The van der Waals surface area contributed by atoms with Gasteiger partial charge in [-0.15, -0.1) is 0 Å². The summed E-state index contributed by atoms with van der Waals surface area (Å²) in [5.41, 5.74) is -5.77. The van der Waals surface area contributed by atoms with Gasteiger partial charge in [0, 0.05) is 0 Å². The van der Waals surface area contributed by atoms with Gasteiger partial charge in [0.25, 0.3) is 0 Å². The fourth-order valence-electron chi connectivity index (χ4n) is 0.397. The van der Waals surface area contributed by atoms with E-state index in [1.54, 1.807) is 0 Å². The average Bonchev–Trinajstić information content (AvgIpc) is 1.86. The molecular formula is C6H16N2O6. The Labute approximate surface area is 80.3 Å². The molecule has 0 aliphatic carbocycles. The first-order chi connectivity index (χ1) is 5.14. The molecule has 0 aliphatic rings. The van der Waals surface area contributed by atoms with Crippen LogP contribution in [0, 0.1) is 0 Å². The molecule has 10 N–H and O–H groups in total. The molecule has 0 saturated heterocycles. The monoisotopic (exact) mass is 212 g/mol. The van der Waals surface area contributed by atoms with Crippen molar-refractivity contribution in [2.24, 2.45) is 0 Å². The standard InChI is InChI=1S/C6H10O6.2H3N/c1-5(11,3(7)8)6(2,12)4(9)10;;/h11-12H,1-2H3,(H,7,8)(H,9,10);2*1H3. The molecule has 0 aliphatic heterocycles. The van der Waals surface area contributed by atoms with Gasteiger partial charge in [-0.1, -0.05) is 0 Å². The van der Waals surface area contributed by atoms with Crippen molar-refractivity contribution < 1.29 is 30.0 Å². The summed E-state index contributed by atoms with van der Waals surface area (Å²) in [6.45, 7) is 1.22. The summed E-state index contributed by atoms with van der Waals surface area (Å²) in [4.78, 5) is 20.3. The maximum absolute atomic E-state index is 10.2. The molecule has 14 heavy (non-hydrogen) atoms. The Balaban J connectivity index is -0.000000605. The minimum atomic E-state index is -2.88. The number of hydrogen-bond acceptors (Lipinski definition) is 6. The van der Waals surface area contributed by atoms with Crippen LogP contribution in [0.5, 0.6) is 0 Å². The third-order valence-corrected chi connectivity index (χ3v) is 1.74. The zero-order valence-electron chi connectivity index (χ0n) is 8.53. The second-order valence-electron chi connectivity index (χ2n) is 2.72. The zero-order valence-corrected chi connectivity index (χ0v) is 8.53. The lowest BCUT2D eigenvalue weighted by atomic mass is 9.86. The highest BCUT2D eigenvalue weighted by Gasteiger charge is 2.44. The number of aliphatic hydroxyl groups is 2. The van der Waals surface area contributed by atoms with Crippen LogP contribution in [0.1, 0.15) is 13.8 Å². The van der Waals surface area contributed by atoms with Gasteiger partial charge in [-0.05, 0) is 13.8 Å². The maximum atomic E-state index is 10.2. The molecule has 8 heteroatoms. The largest absolute Gasteiger partial charge is 0.547 e. The van der Waals surface area contributed by atoms with E-state index in [9.17, 15) is 19.8 Å². The molecule has 0 aromatic heterocycles. The van der Waals surface area contributed by atoms with Crippen LogP contribution in [-0.4, -0.2) is 33.4 Å². The second-order valence-corrected chi connectivity index (χ2v) is 2.72. The van der Waals surface area contributed by atoms with Gasteiger partial charge in [0.2, 0.25) is 0 Å². The summed E-state index contributed by atoms with van der Waals surface area (Å²) in [5, 5.41) is 38.2. The highest BCUT2D eigenvalue weighted by atomic mass is 16.4. The van der Waals surface area contributed by atoms with Crippen LogP contribution < -0.4 is 22.5 Å². The average molecular weight is 212 g/mol. The summed E-state index contributed by atoms with van der Waals surface area (Å²) >= 11 is 0. The third-order valence-electron chi connectivity index (χ3n) is 1.74. The van der Waals surface area contributed by atoms with Gasteiger partial charge in [0.1, 0.15) is 11.2 Å². The predicted molar refractivity (Wildman–Crippen MR) is 43.2 cm³/mol. The highest BCUT2D eigenvalue weighted by molar-refractivity contribution is 5.87. The minimum absolute atomic E-state index is 0. The number of aliphatic carboxylic acids is 2. The fraction of sp³-hybridized carbons (Fsp3) is 0.667. The van der Waals surface area contributed by atoms with Crippen molar-refractivity contribution in [1.29, 1.82) is 0 Å². The topological polar surface area (TPSA) is 194 Å². The van der Waals surface area contributed by atoms with Crippen molar-refractivity contribution in [3.05, 3.63) is 0 Å². The van der Waals surface area contributed by atoms with Crippen molar-refractivity contribution in [2.75, 3.05) is 0 Å². The van der Waals surface area contributed by atoms with E-state index in [-0.39, 0.29) is 12.3 Å². The number of carboxylic acid groups (broad SMARTS) is 2. The Kier molecular flexibility index (Phi) is 6.44. The van der Waals surface area contributed by atoms with Crippen LogP contribution in [0.25, 0.3) is 0 Å². The Morgan fingerprint density at radius 2 is 1.07 bits per heavy atom. The molecule has 8 nitrogen and oxygen atoms in total. The van der Waals surface area contributed by atoms with E-state index in [0.717, 1.165) is 0 Å². The number of quaternary nitrogens is 2. The van der Waals surface area contributed by atoms with Gasteiger partial charge in [0.05, 0.1) is 11.9 Å². The maximum Gasteiger partial charge on any atom is 0.135 e. The number of hydrogen-bond donors (Lipinski definition) is 4. The smallest absolute Gasteiger partial charge is 0.135 e. The molecule has 0 rings (SSSR count). The van der Waals surface area contributed by atoms with Gasteiger partial charge in [-0.3, -0.25) is 0 Å². The van der Waals surface area contributed by atoms with Crippen molar-refractivity contribution in [3.8, 4) is 0 Å². The Morgan fingerprint density at radius 3 is 1.14 bits per heavy atom. The van der Waals surface area contributed by atoms with E-state index in [4.69, 9.17) is 10.2 Å². The lowest BCUT2D eigenvalue weighted by Crippen LogP contribution is -2.67. The van der Waals surface area contributed by atoms with E-state index >= 15 is 0 Å². The molecule has 2 atom stereocenters. The quantitative estimate of drug-likeness (QED) is 0.378. The zero-order chi connectivity index (χ0) is 10.2. The third kappa shape index (κ3) is 2.64. The summed E-state index contributed by atoms with van der Waals surface area (Å²) in [7, 11) is 0. The van der Waals surface area contributed by atoms with Gasteiger partial charge in [0.15, 0.2) is 0 Å². The molecule has 0 spiro atoms. The van der Waals surface area contributed by atoms with E-state index in [1.807, 2.05) is 0 Å². The van der Waals surface area contributed by atoms with Crippen LogP contribution in [0.2, 0.25) is 0 Å². The number of rotatable bonds is 3. The van der Waals surface area contributed by atoms with Gasteiger partial charge in [-0.25, -0.2) is 0 Å². The van der Waals surface area contributed by atoms with Crippen molar-refractivity contribution in [3.63, 3.8) is 0 Å². The van der Waals surface area contributed by atoms with Crippen LogP contribution in [0.15, 0.2) is 0 Å². The first-order valence-corrected chi connectivity index (χ1v) is 3.01. The number of carbonyl (C=O) groups is 2. The molecule has 0 saturated carbocycles. The highest BCUT2D eigenvalue weighted by Crippen LogP contribution is 2.20. The Bertz CT molecular complexity index is 200. The molecule has 0 bridgehead atoms. The summed E-state index contributed by atoms with van der Waals surface area (Å²) in [6, 6.07) is 0. The van der Waals surface area contributed by atoms with Crippen LogP contribution in [0.4, 0.5) is 0 Å². The van der Waals surface area contributed by atoms with E-state index < -0.39 is 23.1 Å². The number of carbonyl (C=O) groups excluding carboxylic acids is 2. The molecule has 0 aromatic carbocycles. The predicted octanol–water partition coefficient (Wildman–Crippen LogP) is -3.26. The van der Waals surface area contributed by atoms with Gasteiger partial charge >= 0.3 is 0 Å². The molecule has 2 unspecified atom stereocenters. The second kappa shape index (κ2) is 4.86. The van der Waals surface area contributed by atoms with E-state index in [2.05, 4.69) is 0 Å². The van der Waals surface area contributed by atoms with Gasteiger partial charge < -0.3 is 42.3 Å². The molecule has 0 fully saturated rings. The first-order valence-electron chi connectivity index (χ1n) is 3.01. The Morgan fingerprint density at radius 1 is 0.929 bits per heavy atom. The molecule has 0 amide bonds. The minimum Gasteiger partial charge on any atom is -0.547 e. The summed E-state index contributed by atoms with van der Waals surface area (Å²) in [6.07, 6.45) is 0. The van der Waals surface area contributed by atoms with Gasteiger partial charge in [-0.2, -0.15) is 0 Å². The normalized spacial score (nSPS) is 17.7. The van der Waals surface area contributed by atoms with Crippen LogP contribution >= 0.6 is 0 Å². The molecular weight excluding hydrogens is 196 g/mol. The van der Waals surface area contributed by atoms with E-state index in [1.165, 1.54) is 0 Å². The van der Waals surface area contributed by atoms with Crippen LogP contribution in [-0.2, 0) is 9.59 Å². The van der Waals surface area contributed by atoms with Crippen molar-refractivity contribution in [2.45, 2.75) is 25.0 Å². The SMILES string of the molecule is CC(O)(C(=O)[O-])C(C)(O)C(=O)[O-].[NH4+].[NH4+]. The fourth-order valence-corrected chi connectivity index (χ4v) is 0.397. The van der Waals surface area contributed by atoms with Crippen LogP contribution in [0.3, 0.4) is 0 Å². The molecule has 0 heterocycles. The Hall–Kier alpha value is -1.22. The number of carboxylic acids is 2. The van der Waals surface area contributed by atoms with Crippen molar-refractivity contribution in [1.82, 2.24) is 12.3 Å². The summed E-state index contributed by atoms with van der Waals surface area (Å²) < 4.78 is 0.